The summed E-state index contributed by atoms with van der Waals surface area (Å²) in [4.78, 5) is 0. The van der Waals surface area contributed by atoms with Crippen molar-refractivity contribution in [2.24, 2.45) is 0 Å². The lowest BCUT2D eigenvalue weighted by atomic mass is 10.1. The van der Waals surface area contributed by atoms with Crippen molar-refractivity contribution >= 4 is 0 Å². The van der Waals surface area contributed by atoms with Crippen LogP contribution >= 0.6 is 0 Å². The molecule has 0 saturated carbocycles. The van der Waals surface area contributed by atoms with E-state index in [0.717, 1.165) is 11.1 Å². The molecule has 0 N–H and O–H groups in total. The SMILES string of the molecule is Cc1ccc(C#Cc2cc(C)cc(F)c2)cc1. The largest absolute Gasteiger partial charge is 0.207 e. The van der Waals surface area contributed by atoms with Crippen molar-refractivity contribution in [1.29, 1.82) is 0 Å². The van der Waals surface area contributed by atoms with Crippen molar-refractivity contribution in [3.8, 4) is 11.8 Å². The van der Waals surface area contributed by atoms with Gasteiger partial charge in [0, 0.05) is 11.1 Å². The third-order valence-electron chi connectivity index (χ3n) is 2.44. The zero-order chi connectivity index (χ0) is 12.3. The van der Waals surface area contributed by atoms with Gasteiger partial charge in [-0.25, -0.2) is 4.39 Å². The average molecular weight is 224 g/mol. The molecule has 84 valence electrons. The Kier molecular flexibility index (Phi) is 3.25. The second-order valence-electron chi connectivity index (χ2n) is 4.13. The zero-order valence-corrected chi connectivity index (χ0v) is 9.92. The Hall–Kier alpha value is -2.07. The minimum absolute atomic E-state index is 0.238. The van der Waals surface area contributed by atoms with E-state index in [1.807, 2.05) is 44.2 Å². The molecule has 0 atom stereocenters. The molecule has 2 rings (SSSR count). The fourth-order valence-corrected chi connectivity index (χ4v) is 1.59. The van der Waals surface area contributed by atoms with Crippen LogP contribution in [0.2, 0.25) is 0 Å². The molecule has 0 radical (unpaired) electrons. The van der Waals surface area contributed by atoms with Gasteiger partial charge in [0.15, 0.2) is 0 Å². The topological polar surface area (TPSA) is 0 Å². The molecular weight excluding hydrogens is 211 g/mol. The molecule has 1 heteroatoms. The zero-order valence-electron chi connectivity index (χ0n) is 9.92. The predicted octanol–water partition coefficient (Wildman–Crippen LogP) is 3.84. The van der Waals surface area contributed by atoms with E-state index in [-0.39, 0.29) is 5.82 Å². The Bertz CT molecular complexity index is 563. The van der Waals surface area contributed by atoms with Gasteiger partial charge in [0.25, 0.3) is 0 Å². The van der Waals surface area contributed by atoms with Gasteiger partial charge < -0.3 is 0 Å². The molecule has 0 aliphatic carbocycles. The lowest BCUT2D eigenvalue weighted by Gasteiger charge is -1.95. The van der Waals surface area contributed by atoms with Crippen LogP contribution in [0, 0.1) is 31.5 Å². The summed E-state index contributed by atoms with van der Waals surface area (Å²) in [6, 6.07) is 12.8. The lowest BCUT2D eigenvalue weighted by Crippen LogP contribution is -1.82. The summed E-state index contributed by atoms with van der Waals surface area (Å²) in [6.07, 6.45) is 0. The molecule has 0 unspecified atom stereocenters. The monoisotopic (exact) mass is 224 g/mol. The number of halogens is 1. The van der Waals surface area contributed by atoms with Crippen molar-refractivity contribution in [1.82, 2.24) is 0 Å². The first kappa shape index (κ1) is 11.4. The van der Waals surface area contributed by atoms with Crippen molar-refractivity contribution in [2.45, 2.75) is 13.8 Å². The van der Waals surface area contributed by atoms with Crippen LogP contribution < -0.4 is 0 Å². The summed E-state index contributed by atoms with van der Waals surface area (Å²) < 4.78 is 13.1. The van der Waals surface area contributed by atoms with Crippen LogP contribution in [0.3, 0.4) is 0 Å². The maximum atomic E-state index is 13.1. The van der Waals surface area contributed by atoms with Gasteiger partial charge in [-0.3, -0.25) is 0 Å². The van der Waals surface area contributed by atoms with Gasteiger partial charge in [0.2, 0.25) is 0 Å². The highest BCUT2D eigenvalue weighted by Crippen LogP contribution is 2.07. The van der Waals surface area contributed by atoms with Crippen LogP contribution in [-0.4, -0.2) is 0 Å². The first-order chi connectivity index (χ1) is 8.13. The highest BCUT2D eigenvalue weighted by molar-refractivity contribution is 5.44. The van der Waals surface area contributed by atoms with Gasteiger partial charge in [-0.05, 0) is 49.7 Å². The van der Waals surface area contributed by atoms with E-state index in [4.69, 9.17) is 0 Å². The van der Waals surface area contributed by atoms with E-state index in [9.17, 15) is 4.39 Å². The van der Waals surface area contributed by atoms with Crippen molar-refractivity contribution in [3.63, 3.8) is 0 Å². The van der Waals surface area contributed by atoms with Gasteiger partial charge in [0.05, 0.1) is 0 Å². The third-order valence-corrected chi connectivity index (χ3v) is 2.44. The molecule has 0 aliphatic rings. The molecule has 0 spiro atoms. The highest BCUT2D eigenvalue weighted by Gasteiger charge is 1.94. The summed E-state index contributed by atoms with van der Waals surface area (Å²) in [5.41, 5.74) is 3.75. The van der Waals surface area contributed by atoms with Crippen LogP contribution in [-0.2, 0) is 0 Å². The van der Waals surface area contributed by atoms with Crippen molar-refractivity contribution in [3.05, 3.63) is 70.5 Å². The fourth-order valence-electron chi connectivity index (χ4n) is 1.59. The van der Waals surface area contributed by atoms with Crippen molar-refractivity contribution < 1.29 is 4.39 Å². The van der Waals surface area contributed by atoms with Crippen LogP contribution in [0.25, 0.3) is 0 Å². The van der Waals surface area contributed by atoms with Crippen molar-refractivity contribution in [2.75, 3.05) is 0 Å². The fraction of sp³-hybridized carbons (Fsp3) is 0.125. The minimum atomic E-state index is -0.238. The maximum absolute atomic E-state index is 13.1. The smallest absolute Gasteiger partial charge is 0.124 e. The second kappa shape index (κ2) is 4.84. The summed E-state index contributed by atoms with van der Waals surface area (Å²) in [5.74, 6) is 5.76. The van der Waals surface area contributed by atoms with Crippen LogP contribution in [0.15, 0.2) is 42.5 Å². The van der Waals surface area contributed by atoms with E-state index in [0.29, 0.717) is 5.56 Å². The predicted molar refractivity (Wildman–Crippen MR) is 68.3 cm³/mol. The molecule has 0 aliphatic heterocycles. The summed E-state index contributed by atoms with van der Waals surface area (Å²) >= 11 is 0. The summed E-state index contributed by atoms with van der Waals surface area (Å²) in [5, 5.41) is 0. The Morgan fingerprint density at radius 3 is 2.06 bits per heavy atom. The number of hydrogen-bond acceptors (Lipinski definition) is 0. The molecule has 2 aromatic rings. The Balaban J connectivity index is 2.29. The van der Waals surface area contributed by atoms with Crippen LogP contribution in [0.5, 0.6) is 0 Å². The van der Waals surface area contributed by atoms with E-state index < -0.39 is 0 Å². The minimum Gasteiger partial charge on any atom is -0.207 e. The lowest BCUT2D eigenvalue weighted by molar-refractivity contribution is 0.626. The normalized spacial score (nSPS) is 9.59. The van der Waals surface area contributed by atoms with Gasteiger partial charge in [-0.1, -0.05) is 29.5 Å². The average Bonchev–Trinajstić information content (AvgIpc) is 2.27. The van der Waals surface area contributed by atoms with Gasteiger partial charge in [-0.2, -0.15) is 0 Å². The molecule has 0 heterocycles. The number of rotatable bonds is 0. The Morgan fingerprint density at radius 2 is 1.41 bits per heavy atom. The van der Waals surface area contributed by atoms with Gasteiger partial charge >= 0.3 is 0 Å². The first-order valence-corrected chi connectivity index (χ1v) is 5.49. The summed E-state index contributed by atoms with van der Waals surface area (Å²) in [7, 11) is 0. The van der Waals surface area contributed by atoms with E-state index >= 15 is 0 Å². The van der Waals surface area contributed by atoms with Crippen LogP contribution in [0.4, 0.5) is 4.39 Å². The van der Waals surface area contributed by atoms with Gasteiger partial charge in [0.1, 0.15) is 5.82 Å². The molecule has 0 saturated heterocycles. The van der Waals surface area contributed by atoms with Crippen LogP contribution in [0.1, 0.15) is 22.3 Å². The molecule has 2 aromatic carbocycles. The molecule has 0 aromatic heterocycles. The third kappa shape index (κ3) is 3.19. The molecule has 0 bridgehead atoms. The standard InChI is InChI=1S/C16H13F/c1-12-3-5-14(6-4-12)7-8-15-9-13(2)10-16(17)11-15/h3-6,9-11H,1-2H3. The number of benzene rings is 2. The summed E-state index contributed by atoms with van der Waals surface area (Å²) in [6.45, 7) is 3.90. The number of aryl methyl sites for hydroxylation is 2. The second-order valence-corrected chi connectivity index (χ2v) is 4.13. The molecule has 0 amide bonds. The Morgan fingerprint density at radius 1 is 0.765 bits per heavy atom. The molecule has 17 heavy (non-hydrogen) atoms. The quantitative estimate of drug-likeness (QED) is 0.596. The first-order valence-electron chi connectivity index (χ1n) is 5.49. The maximum Gasteiger partial charge on any atom is 0.124 e. The number of hydrogen-bond donors (Lipinski definition) is 0. The van der Waals surface area contributed by atoms with E-state index in [1.54, 1.807) is 0 Å². The molecule has 0 fully saturated rings. The Labute approximate surface area is 101 Å². The highest BCUT2D eigenvalue weighted by atomic mass is 19.1. The van der Waals surface area contributed by atoms with Gasteiger partial charge in [-0.15, -0.1) is 0 Å². The molecular formula is C16H13F. The molecule has 0 nitrogen and oxygen atoms in total. The van der Waals surface area contributed by atoms with E-state index in [1.165, 1.54) is 17.7 Å². The van der Waals surface area contributed by atoms with E-state index in [2.05, 4.69) is 11.8 Å².